The summed E-state index contributed by atoms with van der Waals surface area (Å²) in [7, 11) is 0. The van der Waals surface area contributed by atoms with Gasteiger partial charge in [0.2, 0.25) is 0 Å². The van der Waals surface area contributed by atoms with Gasteiger partial charge in [0.25, 0.3) is 0 Å². The average Bonchev–Trinajstić information content (AvgIpc) is 2.43. The van der Waals surface area contributed by atoms with Gasteiger partial charge >= 0.3 is 0 Å². The van der Waals surface area contributed by atoms with Crippen LogP contribution in [0.2, 0.25) is 5.15 Å². The largest absolute Gasteiger partial charge is 0.234 e. The van der Waals surface area contributed by atoms with Crippen molar-refractivity contribution in [2.75, 3.05) is 0 Å². The van der Waals surface area contributed by atoms with Crippen molar-refractivity contribution in [3.05, 3.63) is 57.9 Å². The van der Waals surface area contributed by atoms with E-state index < -0.39 is 5.82 Å². The Bertz CT molecular complexity index is 604. The zero-order chi connectivity index (χ0) is 13.4. The molecular weight excluding hydrogens is 263 g/mol. The second kappa shape index (κ2) is 4.89. The molecule has 1 atom stereocenters. The molecule has 0 fully saturated rings. The van der Waals surface area contributed by atoms with E-state index in [0.717, 1.165) is 19.3 Å². The Morgan fingerprint density at radius 2 is 2.05 bits per heavy atom. The first-order chi connectivity index (χ1) is 9.16. The zero-order valence-corrected chi connectivity index (χ0v) is 11.4. The summed E-state index contributed by atoms with van der Waals surface area (Å²) in [6.07, 6.45) is 3.16. The normalized spacial score (nSPS) is 18.2. The van der Waals surface area contributed by atoms with Crippen molar-refractivity contribution < 1.29 is 4.39 Å². The lowest BCUT2D eigenvalue weighted by molar-refractivity contribution is 0.563. The molecule has 0 saturated carbocycles. The molecule has 0 aliphatic heterocycles. The smallest absolute Gasteiger partial charge is 0.181 e. The van der Waals surface area contributed by atoms with Crippen molar-refractivity contribution in [1.82, 2.24) is 9.97 Å². The molecule has 98 valence electrons. The summed E-state index contributed by atoms with van der Waals surface area (Å²) in [4.78, 5) is 8.42. The van der Waals surface area contributed by atoms with Crippen LogP contribution >= 0.6 is 11.6 Å². The van der Waals surface area contributed by atoms with Gasteiger partial charge in [-0.25, -0.2) is 14.4 Å². The SMILES string of the molecule is Cc1nc(C2CCCc3ccccc32)nc(Cl)c1F. The highest BCUT2D eigenvalue weighted by Crippen LogP contribution is 2.35. The molecule has 2 nitrogen and oxygen atoms in total. The van der Waals surface area contributed by atoms with Crippen molar-refractivity contribution in [3.63, 3.8) is 0 Å². The molecule has 0 radical (unpaired) electrons. The van der Waals surface area contributed by atoms with E-state index in [1.165, 1.54) is 11.1 Å². The van der Waals surface area contributed by atoms with Crippen LogP contribution in [0.3, 0.4) is 0 Å². The van der Waals surface area contributed by atoms with Gasteiger partial charge in [-0.2, -0.15) is 0 Å². The first-order valence-corrected chi connectivity index (χ1v) is 6.82. The van der Waals surface area contributed by atoms with Crippen LogP contribution in [0.15, 0.2) is 24.3 Å². The van der Waals surface area contributed by atoms with Crippen LogP contribution < -0.4 is 0 Å². The highest BCUT2D eigenvalue weighted by atomic mass is 35.5. The Hall–Kier alpha value is -1.48. The topological polar surface area (TPSA) is 25.8 Å². The molecular formula is C15H14ClFN2. The number of halogens is 2. The van der Waals surface area contributed by atoms with Gasteiger partial charge in [0.1, 0.15) is 5.82 Å². The molecule has 3 rings (SSSR count). The molecule has 19 heavy (non-hydrogen) atoms. The molecule has 0 saturated heterocycles. The number of aromatic nitrogens is 2. The summed E-state index contributed by atoms with van der Waals surface area (Å²) in [6.45, 7) is 1.63. The van der Waals surface area contributed by atoms with Crippen LogP contribution in [-0.4, -0.2) is 9.97 Å². The lowest BCUT2D eigenvalue weighted by Crippen LogP contribution is -2.15. The highest BCUT2D eigenvalue weighted by molar-refractivity contribution is 6.29. The molecule has 0 N–H and O–H groups in total. The Labute approximate surface area is 116 Å². The third-order valence-electron chi connectivity index (χ3n) is 3.67. The second-order valence-corrected chi connectivity index (χ2v) is 5.27. The van der Waals surface area contributed by atoms with Gasteiger partial charge < -0.3 is 0 Å². The molecule has 0 bridgehead atoms. The Balaban J connectivity index is 2.09. The van der Waals surface area contributed by atoms with Gasteiger partial charge in [0.05, 0.1) is 5.69 Å². The first kappa shape index (κ1) is 12.5. The van der Waals surface area contributed by atoms with Gasteiger partial charge in [-0.05, 0) is 37.3 Å². The molecule has 4 heteroatoms. The Morgan fingerprint density at radius 3 is 2.84 bits per heavy atom. The maximum atomic E-state index is 13.5. The lowest BCUT2D eigenvalue weighted by Gasteiger charge is -2.24. The highest BCUT2D eigenvalue weighted by Gasteiger charge is 2.25. The third-order valence-corrected chi connectivity index (χ3v) is 3.93. The molecule has 1 aromatic carbocycles. The van der Waals surface area contributed by atoms with Gasteiger partial charge in [-0.1, -0.05) is 35.9 Å². The molecule has 1 aromatic heterocycles. The predicted octanol–water partition coefficient (Wildman–Crippen LogP) is 4.05. The van der Waals surface area contributed by atoms with Crippen LogP contribution in [-0.2, 0) is 6.42 Å². The summed E-state index contributed by atoms with van der Waals surface area (Å²) in [5, 5.41) is -0.0782. The fraction of sp³-hybridized carbons (Fsp3) is 0.333. The summed E-state index contributed by atoms with van der Waals surface area (Å²) >= 11 is 5.84. The van der Waals surface area contributed by atoms with Crippen LogP contribution in [0.4, 0.5) is 4.39 Å². The first-order valence-electron chi connectivity index (χ1n) is 6.44. The van der Waals surface area contributed by atoms with Crippen LogP contribution in [0.5, 0.6) is 0 Å². The quantitative estimate of drug-likeness (QED) is 0.735. The number of hydrogen-bond acceptors (Lipinski definition) is 2. The maximum absolute atomic E-state index is 13.5. The van der Waals surface area contributed by atoms with E-state index in [1.54, 1.807) is 6.92 Å². The van der Waals surface area contributed by atoms with E-state index >= 15 is 0 Å². The van der Waals surface area contributed by atoms with E-state index in [1.807, 2.05) is 12.1 Å². The maximum Gasteiger partial charge on any atom is 0.181 e. The minimum atomic E-state index is -0.519. The summed E-state index contributed by atoms with van der Waals surface area (Å²) < 4.78 is 13.5. The van der Waals surface area contributed by atoms with Crippen molar-refractivity contribution in [3.8, 4) is 0 Å². The van der Waals surface area contributed by atoms with E-state index in [4.69, 9.17) is 11.6 Å². The minimum Gasteiger partial charge on any atom is -0.234 e. The van der Waals surface area contributed by atoms with Crippen LogP contribution in [0.1, 0.15) is 41.4 Å². The van der Waals surface area contributed by atoms with E-state index in [9.17, 15) is 4.39 Å². The molecule has 1 unspecified atom stereocenters. The van der Waals surface area contributed by atoms with E-state index in [2.05, 4.69) is 22.1 Å². The number of fused-ring (bicyclic) bond motifs is 1. The van der Waals surface area contributed by atoms with E-state index in [-0.39, 0.29) is 11.1 Å². The lowest BCUT2D eigenvalue weighted by atomic mass is 9.82. The van der Waals surface area contributed by atoms with E-state index in [0.29, 0.717) is 11.5 Å². The summed E-state index contributed by atoms with van der Waals surface area (Å²) in [6, 6.07) is 8.31. The standard InChI is InChI=1S/C15H14ClFN2/c1-9-13(17)14(16)19-15(18-9)12-8-4-6-10-5-2-3-7-11(10)12/h2-3,5,7,12H,4,6,8H2,1H3. The van der Waals surface area contributed by atoms with Gasteiger partial charge in [-0.15, -0.1) is 0 Å². The molecule has 0 spiro atoms. The molecule has 1 aliphatic carbocycles. The van der Waals surface area contributed by atoms with Crippen molar-refractivity contribution in [1.29, 1.82) is 0 Å². The molecule has 1 heterocycles. The molecule has 2 aromatic rings. The van der Waals surface area contributed by atoms with Crippen molar-refractivity contribution in [2.45, 2.75) is 32.1 Å². The van der Waals surface area contributed by atoms with Crippen LogP contribution in [0.25, 0.3) is 0 Å². The zero-order valence-electron chi connectivity index (χ0n) is 10.7. The minimum absolute atomic E-state index is 0.0782. The summed E-state index contributed by atoms with van der Waals surface area (Å²) in [5.74, 6) is 0.243. The number of nitrogens with zero attached hydrogens (tertiary/aromatic N) is 2. The Morgan fingerprint density at radius 1 is 1.26 bits per heavy atom. The van der Waals surface area contributed by atoms with Gasteiger partial charge in [-0.3, -0.25) is 0 Å². The van der Waals surface area contributed by atoms with Crippen molar-refractivity contribution in [2.24, 2.45) is 0 Å². The third kappa shape index (κ3) is 2.23. The monoisotopic (exact) mass is 276 g/mol. The Kier molecular flexibility index (Phi) is 3.23. The average molecular weight is 277 g/mol. The predicted molar refractivity (Wildman–Crippen MR) is 73.0 cm³/mol. The number of hydrogen-bond donors (Lipinski definition) is 0. The van der Waals surface area contributed by atoms with Crippen molar-refractivity contribution >= 4 is 11.6 Å². The van der Waals surface area contributed by atoms with Gasteiger partial charge in [0, 0.05) is 5.92 Å². The molecule has 1 aliphatic rings. The fourth-order valence-electron chi connectivity index (χ4n) is 2.72. The number of benzene rings is 1. The molecule has 0 amide bonds. The van der Waals surface area contributed by atoms with Gasteiger partial charge in [0.15, 0.2) is 11.0 Å². The summed E-state index contributed by atoms with van der Waals surface area (Å²) in [5.41, 5.74) is 2.90. The number of aryl methyl sites for hydroxylation is 2. The fourth-order valence-corrected chi connectivity index (χ4v) is 2.95. The second-order valence-electron chi connectivity index (χ2n) is 4.92. The number of rotatable bonds is 1. The van der Waals surface area contributed by atoms with Crippen LogP contribution in [0, 0.1) is 12.7 Å².